The standard InChI is InChI=1S/C14H20O3/c1-5-8-14(4,13(15)16)17-12-7-6-10(2)9-11(12)3/h6-7,9H,5,8H2,1-4H3,(H,15,16). The number of carboxylic acid groups (broad SMARTS) is 1. The van der Waals surface area contributed by atoms with E-state index < -0.39 is 11.6 Å². The predicted molar refractivity (Wildman–Crippen MR) is 67.5 cm³/mol. The molecule has 0 spiro atoms. The molecule has 0 aromatic heterocycles. The van der Waals surface area contributed by atoms with E-state index >= 15 is 0 Å². The lowest BCUT2D eigenvalue weighted by Crippen LogP contribution is -2.41. The Morgan fingerprint density at radius 2 is 2.06 bits per heavy atom. The highest BCUT2D eigenvalue weighted by Gasteiger charge is 2.34. The summed E-state index contributed by atoms with van der Waals surface area (Å²) >= 11 is 0. The van der Waals surface area contributed by atoms with Crippen LogP contribution in [-0.4, -0.2) is 16.7 Å². The molecule has 1 atom stereocenters. The van der Waals surface area contributed by atoms with Crippen LogP contribution in [0, 0.1) is 13.8 Å². The monoisotopic (exact) mass is 236 g/mol. The lowest BCUT2D eigenvalue weighted by molar-refractivity contribution is -0.154. The van der Waals surface area contributed by atoms with E-state index in [1.165, 1.54) is 0 Å². The van der Waals surface area contributed by atoms with Gasteiger partial charge < -0.3 is 9.84 Å². The molecule has 17 heavy (non-hydrogen) atoms. The first-order valence-corrected chi connectivity index (χ1v) is 5.88. The molecule has 1 rings (SSSR count). The van der Waals surface area contributed by atoms with Crippen LogP contribution in [0.15, 0.2) is 18.2 Å². The Morgan fingerprint density at radius 3 is 2.53 bits per heavy atom. The lowest BCUT2D eigenvalue weighted by Gasteiger charge is -2.26. The van der Waals surface area contributed by atoms with Crippen molar-refractivity contribution in [3.8, 4) is 5.75 Å². The van der Waals surface area contributed by atoms with Crippen LogP contribution in [0.2, 0.25) is 0 Å². The van der Waals surface area contributed by atoms with Crippen molar-refractivity contribution in [2.45, 2.75) is 46.1 Å². The van der Waals surface area contributed by atoms with Crippen molar-refractivity contribution in [1.29, 1.82) is 0 Å². The number of rotatable bonds is 5. The molecular formula is C14H20O3. The normalized spacial score (nSPS) is 14.1. The number of aliphatic carboxylic acids is 1. The van der Waals surface area contributed by atoms with E-state index in [0.717, 1.165) is 17.5 Å². The summed E-state index contributed by atoms with van der Waals surface area (Å²) in [6.07, 6.45) is 1.27. The minimum absolute atomic E-state index is 0.496. The summed E-state index contributed by atoms with van der Waals surface area (Å²) in [4.78, 5) is 11.3. The highest BCUT2D eigenvalue weighted by molar-refractivity contribution is 5.77. The van der Waals surface area contributed by atoms with E-state index in [9.17, 15) is 9.90 Å². The van der Waals surface area contributed by atoms with Gasteiger partial charge in [-0.2, -0.15) is 0 Å². The molecule has 1 aromatic carbocycles. The number of carboxylic acids is 1. The average Bonchev–Trinajstić information content (AvgIpc) is 2.22. The third kappa shape index (κ3) is 3.22. The molecule has 0 saturated carbocycles. The van der Waals surface area contributed by atoms with Crippen molar-refractivity contribution >= 4 is 5.97 Å². The molecule has 3 heteroatoms. The predicted octanol–water partition coefficient (Wildman–Crippen LogP) is 3.33. The van der Waals surface area contributed by atoms with Crippen LogP contribution in [0.3, 0.4) is 0 Å². The minimum atomic E-state index is -1.14. The Labute approximate surface area is 102 Å². The topological polar surface area (TPSA) is 46.5 Å². The van der Waals surface area contributed by atoms with E-state index in [1.807, 2.05) is 39.0 Å². The molecular weight excluding hydrogens is 216 g/mol. The molecule has 0 aliphatic rings. The van der Waals surface area contributed by atoms with E-state index in [1.54, 1.807) is 6.92 Å². The van der Waals surface area contributed by atoms with Crippen LogP contribution in [0.5, 0.6) is 5.75 Å². The summed E-state index contributed by atoms with van der Waals surface area (Å²) in [5.74, 6) is -0.270. The quantitative estimate of drug-likeness (QED) is 0.853. The van der Waals surface area contributed by atoms with E-state index in [4.69, 9.17) is 4.74 Å². The molecule has 0 bridgehead atoms. The molecule has 1 unspecified atom stereocenters. The molecule has 0 saturated heterocycles. The molecule has 0 aliphatic heterocycles. The second-order valence-corrected chi connectivity index (χ2v) is 4.66. The van der Waals surface area contributed by atoms with Gasteiger partial charge in [0.2, 0.25) is 5.60 Å². The molecule has 94 valence electrons. The third-order valence-corrected chi connectivity index (χ3v) is 2.85. The van der Waals surface area contributed by atoms with Gasteiger partial charge in [0.05, 0.1) is 0 Å². The Balaban J connectivity index is 2.98. The summed E-state index contributed by atoms with van der Waals surface area (Å²) in [7, 11) is 0. The highest BCUT2D eigenvalue weighted by atomic mass is 16.5. The van der Waals surface area contributed by atoms with Gasteiger partial charge in [-0.15, -0.1) is 0 Å². The number of aryl methyl sites for hydroxylation is 2. The maximum absolute atomic E-state index is 11.3. The average molecular weight is 236 g/mol. The van der Waals surface area contributed by atoms with Crippen LogP contribution < -0.4 is 4.74 Å². The zero-order valence-corrected chi connectivity index (χ0v) is 10.9. The Bertz CT molecular complexity index is 412. The van der Waals surface area contributed by atoms with Crippen molar-refractivity contribution < 1.29 is 14.6 Å². The Hall–Kier alpha value is -1.51. The molecule has 0 heterocycles. The SMILES string of the molecule is CCCC(C)(Oc1ccc(C)cc1C)C(=O)O. The zero-order valence-electron chi connectivity index (χ0n) is 10.9. The first-order chi connectivity index (χ1) is 7.89. The zero-order chi connectivity index (χ0) is 13.1. The van der Waals surface area contributed by atoms with E-state index in [-0.39, 0.29) is 0 Å². The molecule has 1 N–H and O–H groups in total. The van der Waals surface area contributed by atoms with Gasteiger partial charge in [-0.1, -0.05) is 31.0 Å². The number of benzene rings is 1. The van der Waals surface area contributed by atoms with Crippen molar-refractivity contribution in [2.75, 3.05) is 0 Å². The second-order valence-electron chi connectivity index (χ2n) is 4.66. The maximum atomic E-state index is 11.3. The summed E-state index contributed by atoms with van der Waals surface area (Å²) in [5.41, 5.74) is 0.963. The first kappa shape index (κ1) is 13.6. The Kier molecular flexibility index (Phi) is 4.16. The van der Waals surface area contributed by atoms with Crippen LogP contribution in [0.25, 0.3) is 0 Å². The fourth-order valence-corrected chi connectivity index (χ4v) is 1.84. The second kappa shape index (κ2) is 5.21. The molecule has 3 nitrogen and oxygen atoms in total. The van der Waals surface area contributed by atoms with Gasteiger partial charge in [0.25, 0.3) is 0 Å². The number of carbonyl (C=O) groups is 1. The van der Waals surface area contributed by atoms with Crippen molar-refractivity contribution in [3.63, 3.8) is 0 Å². The smallest absolute Gasteiger partial charge is 0.347 e. The van der Waals surface area contributed by atoms with Gasteiger partial charge in [0.1, 0.15) is 5.75 Å². The van der Waals surface area contributed by atoms with E-state index in [0.29, 0.717) is 12.2 Å². The van der Waals surface area contributed by atoms with Crippen LogP contribution in [0.1, 0.15) is 37.8 Å². The molecule has 0 aliphatic carbocycles. The summed E-state index contributed by atoms with van der Waals surface area (Å²) < 4.78 is 5.69. The van der Waals surface area contributed by atoms with Gasteiger partial charge in [-0.3, -0.25) is 0 Å². The summed E-state index contributed by atoms with van der Waals surface area (Å²) in [6, 6.07) is 5.75. The highest BCUT2D eigenvalue weighted by Crippen LogP contribution is 2.26. The number of ether oxygens (including phenoxy) is 1. The van der Waals surface area contributed by atoms with E-state index in [2.05, 4.69) is 0 Å². The van der Waals surface area contributed by atoms with Gasteiger partial charge in [-0.25, -0.2) is 4.79 Å². The number of hydrogen-bond acceptors (Lipinski definition) is 2. The maximum Gasteiger partial charge on any atom is 0.347 e. The summed E-state index contributed by atoms with van der Waals surface area (Å²) in [5, 5.41) is 9.25. The molecule has 0 fully saturated rings. The Morgan fingerprint density at radius 1 is 1.41 bits per heavy atom. The summed E-state index contributed by atoms with van der Waals surface area (Å²) in [6.45, 7) is 7.50. The molecule has 0 amide bonds. The first-order valence-electron chi connectivity index (χ1n) is 5.88. The fraction of sp³-hybridized carbons (Fsp3) is 0.500. The van der Waals surface area contributed by atoms with Crippen LogP contribution in [0.4, 0.5) is 0 Å². The van der Waals surface area contributed by atoms with Gasteiger partial charge >= 0.3 is 5.97 Å². The van der Waals surface area contributed by atoms with Crippen molar-refractivity contribution in [2.24, 2.45) is 0 Å². The van der Waals surface area contributed by atoms with Gasteiger partial charge in [-0.05, 0) is 38.8 Å². The van der Waals surface area contributed by atoms with Crippen molar-refractivity contribution in [1.82, 2.24) is 0 Å². The van der Waals surface area contributed by atoms with Gasteiger partial charge in [0, 0.05) is 0 Å². The fourth-order valence-electron chi connectivity index (χ4n) is 1.84. The number of hydrogen-bond donors (Lipinski definition) is 1. The van der Waals surface area contributed by atoms with Crippen LogP contribution in [-0.2, 0) is 4.79 Å². The lowest BCUT2D eigenvalue weighted by atomic mass is 10.00. The van der Waals surface area contributed by atoms with Crippen molar-refractivity contribution in [3.05, 3.63) is 29.3 Å². The largest absolute Gasteiger partial charge is 0.478 e. The minimum Gasteiger partial charge on any atom is -0.478 e. The van der Waals surface area contributed by atoms with Gasteiger partial charge in [0.15, 0.2) is 0 Å². The molecule has 0 radical (unpaired) electrons. The molecule has 1 aromatic rings. The third-order valence-electron chi connectivity index (χ3n) is 2.85. The van der Waals surface area contributed by atoms with Crippen LogP contribution >= 0.6 is 0 Å².